The molecule has 0 N–H and O–H groups in total. The number of hydrogen-bond donors (Lipinski definition) is 0. The van der Waals surface area contributed by atoms with Gasteiger partial charge in [0, 0.05) is 36.4 Å². The highest BCUT2D eigenvalue weighted by Crippen LogP contribution is 2.47. The summed E-state index contributed by atoms with van der Waals surface area (Å²) in [5.41, 5.74) is 7.15. The van der Waals surface area contributed by atoms with Gasteiger partial charge in [-0.2, -0.15) is 0 Å². The largest absolute Gasteiger partial charge is 0.417 e. The van der Waals surface area contributed by atoms with E-state index < -0.39 is 5.66 Å². The monoisotopic (exact) mass is 379 g/mol. The van der Waals surface area contributed by atoms with Gasteiger partial charge in [0.05, 0.1) is 16.1 Å². The lowest BCUT2D eigenvalue weighted by Gasteiger charge is -2.17. The number of aromatic nitrogens is 2. The zero-order chi connectivity index (χ0) is 19.8. The molecule has 0 saturated carbocycles. The maximum absolute atomic E-state index is 11.5. The average molecular weight is 379 g/mol. The Morgan fingerprint density at radius 3 is 2.00 bits per heavy atom. The van der Waals surface area contributed by atoms with Crippen LogP contribution < -0.4 is 9.13 Å². The van der Waals surface area contributed by atoms with Gasteiger partial charge in [-0.15, -0.1) is 9.13 Å². The molecular formula is C24H17N3O2+2. The van der Waals surface area contributed by atoms with Gasteiger partial charge in [-0.05, 0) is 37.3 Å². The third kappa shape index (κ3) is 1.84. The molecule has 0 aliphatic carbocycles. The third-order valence-electron chi connectivity index (χ3n) is 6.11. The zero-order valence-corrected chi connectivity index (χ0v) is 15.7. The van der Waals surface area contributed by atoms with Crippen molar-refractivity contribution in [2.45, 2.75) is 12.6 Å². The van der Waals surface area contributed by atoms with Gasteiger partial charge in [-0.1, -0.05) is 11.6 Å². The molecular weight excluding hydrogens is 362 g/mol. The number of fused-ring (bicyclic) bond motifs is 10. The molecule has 29 heavy (non-hydrogen) atoms. The smallest absolute Gasteiger partial charge is 0.258 e. The molecule has 2 aliphatic heterocycles. The highest BCUT2D eigenvalue weighted by atomic mass is 16.6. The van der Waals surface area contributed by atoms with Crippen LogP contribution in [0.3, 0.4) is 0 Å². The fourth-order valence-corrected chi connectivity index (χ4v) is 5.01. The number of nitro benzene ring substituents is 1. The lowest BCUT2D eigenvalue weighted by molar-refractivity contribution is -0.955. The van der Waals surface area contributed by atoms with Gasteiger partial charge in [0.1, 0.15) is 11.1 Å². The number of pyridine rings is 2. The first-order valence-corrected chi connectivity index (χ1v) is 9.55. The lowest BCUT2D eigenvalue weighted by Crippen LogP contribution is -2.71. The van der Waals surface area contributed by atoms with E-state index in [0.29, 0.717) is 0 Å². The van der Waals surface area contributed by atoms with Crippen molar-refractivity contribution in [2.75, 3.05) is 0 Å². The summed E-state index contributed by atoms with van der Waals surface area (Å²) in [4.78, 5) is 11.1. The molecule has 0 fully saturated rings. The molecule has 1 spiro atoms. The Balaban J connectivity index is 1.82. The van der Waals surface area contributed by atoms with E-state index in [1.165, 1.54) is 16.7 Å². The normalized spacial score (nSPS) is 17.6. The van der Waals surface area contributed by atoms with Crippen LogP contribution in [0, 0.1) is 17.0 Å². The first-order valence-electron chi connectivity index (χ1n) is 9.55. The molecule has 1 atom stereocenters. The minimum Gasteiger partial charge on any atom is -0.258 e. The van der Waals surface area contributed by atoms with Gasteiger partial charge >= 0.3 is 5.66 Å². The minimum absolute atomic E-state index is 0.108. The van der Waals surface area contributed by atoms with Gasteiger partial charge in [0.15, 0.2) is 12.4 Å². The van der Waals surface area contributed by atoms with Crippen molar-refractivity contribution in [3.8, 4) is 22.5 Å². The summed E-state index contributed by atoms with van der Waals surface area (Å²) in [5.74, 6) is 0. The van der Waals surface area contributed by atoms with Crippen LogP contribution >= 0.6 is 0 Å². The average Bonchev–Trinajstić information content (AvgIpc) is 3.20. The first kappa shape index (κ1) is 16.1. The molecule has 5 nitrogen and oxygen atoms in total. The summed E-state index contributed by atoms with van der Waals surface area (Å²) in [6.07, 6.45) is 4.17. The van der Waals surface area contributed by atoms with Crippen molar-refractivity contribution in [1.29, 1.82) is 0 Å². The topological polar surface area (TPSA) is 50.9 Å². The van der Waals surface area contributed by atoms with E-state index in [4.69, 9.17) is 0 Å². The van der Waals surface area contributed by atoms with Crippen LogP contribution in [-0.2, 0) is 5.66 Å². The van der Waals surface area contributed by atoms with Crippen LogP contribution in [0.4, 0.5) is 5.69 Å². The van der Waals surface area contributed by atoms with E-state index in [-0.39, 0.29) is 10.6 Å². The summed E-state index contributed by atoms with van der Waals surface area (Å²) in [7, 11) is 0. The van der Waals surface area contributed by atoms with Crippen molar-refractivity contribution in [2.24, 2.45) is 0 Å². The fraction of sp³-hybridized carbons (Fsp3) is 0.0833. The molecule has 0 saturated heterocycles. The maximum atomic E-state index is 11.5. The Labute approximate surface area is 167 Å². The van der Waals surface area contributed by atoms with Crippen molar-refractivity contribution < 1.29 is 14.1 Å². The van der Waals surface area contributed by atoms with E-state index in [2.05, 4.69) is 58.8 Å². The zero-order valence-electron chi connectivity index (χ0n) is 15.7. The van der Waals surface area contributed by atoms with E-state index in [9.17, 15) is 10.1 Å². The van der Waals surface area contributed by atoms with Crippen LogP contribution in [0.25, 0.3) is 22.5 Å². The predicted molar refractivity (Wildman–Crippen MR) is 107 cm³/mol. The predicted octanol–water partition coefficient (Wildman–Crippen LogP) is 3.74. The standard InChI is InChI=1S/C24H17N3O2/c1-16-8-10-20-18(14-16)22-6-2-4-12-25(22)24(20)21-11-9-17(27(28)29)15-19(21)23-7-3-5-13-26(23)24/h2-15H,1H3/q+2. The maximum Gasteiger partial charge on any atom is 0.417 e. The highest BCUT2D eigenvalue weighted by Gasteiger charge is 2.66. The van der Waals surface area contributed by atoms with Gasteiger partial charge in [0.2, 0.25) is 11.4 Å². The molecule has 0 bridgehead atoms. The van der Waals surface area contributed by atoms with E-state index in [1.807, 2.05) is 30.3 Å². The Morgan fingerprint density at radius 1 is 0.793 bits per heavy atom. The summed E-state index contributed by atoms with van der Waals surface area (Å²) >= 11 is 0. The second-order valence-corrected chi connectivity index (χ2v) is 7.62. The summed E-state index contributed by atoms with van der Waals surface area (Å²) < 4.78 is 4.53. The SMILES string of the molecule is Cc1ccc2c(c1)-c1cccc[n+]1C21c2ccc([N+](=O)[O-])cc2-c2cccc[n+]21. The Hall–Kier alpha value is -3.86. The van der Waals surface area contributed by atoms with Gasteiger partial charge in [-0.3, -0.25) is 10.1 Å². The molecule has 1 unspecified atom stereocenters. The number of nitrogens with zero attached hydrogens (tertiary/aromatic N) is 3. The Bertz CT molecular complexity index is 1360. The Morgan fingerprint density at radius 2 is 1.38 bits per heavy atom. The summed E-state index contributed by atoms with van der Waals surface area (Å²) in [6, 6.07) is 24.0. The summed E-state index contributed by atoms with van der Waals surface area (Å²) in [5, 5.41) is 11.5. The number of benzene rings is 2. The molecule has 0 amide bonds. The molecule has 4 aromatic rings. The van der Waals surface area contributed by atoms with E-state index in [0.717, 1.165) is 22.5 Å². The van der Waals surface area contributed by atoms with Gasteiger partial charge in [0.25, 0.3) is 5.69 Å². The number of rotatable bonds is 1. The number of hydrogen-bond acceptors (Lipinski definition) is 2. The minimum atomic E-state index is -0.597. The quantitative estimate of drug-likeness (QED) is 0.248. The van der Waals surface area contributed by atoms with Crippen molar-refractivity contribution in [1.82, 2.24) is 0 Å². The number of nitro groups is 1. The molecule has 2 aliphatic rings. The van der Waals surface area contributed by atoms with Crippen molar-refractivity contribution >= 4 is 5.69 Å². The first-order chi connectivity index (χ1) is 14.1. The molecule has 0 radical (unpaired) electrons. The second-order valence-electron chi connectivity index (χ2n) is 7.62. The molecule has 5 heteroatoms. The van der Waals surface area contributed by atoms with Crippen LogP contribution in [-0.4, -0.2) is 4.92 Å². The van der Waals surface area contributed by atoms with E-state index >= 15 is 0 Å². The second kappa shape index (κ2) is 5.35. The fourth-order valence-electron chi connectivity index (χ4n) is 5.01. The van der Waals surface area contributed by atoms with Crippen molar-refractivity contribution in [3.63, 3.8) is 0 Å². The van der Waals surface area contributed by atoms with Crippen LogP contribution in [0.1, 0.15) is 16.7 Å². The van der Waals surface area contributed by atoms with Crippen LogP contribution in [0.15, 0.2) is 85.2 Å². The number of aryl methyl sites for hydroxylation is 1. The molecule has 2 aromatic heterocycles. The lowest BCUT2D eigenvalue weighted by atomic mass is 9.89. The molecule has 138 valence electrons. The molecule has 6 rings (SSSR count). The summed E-state index contributed by atoms with van der Waals surface area (Å²) in [6.45, 7) is 2.10. The number of non-ortho nitro benzene ring substituents is 1. The molecule has 4 heterocycles. The van der Waals surface area contributed by atoms with Gasteiger partial charge in [-0.25, -0.2) is 0 Å². The highest BCUT2D eigenvalue weighted by molar-refractivity contribution is 5.75. The Kier molecular flexibility index (Phi) is 2.98. The van der Waals surface area contributed by atoms with Crippen LogP contribution in [0.2, 0.25) is 0 Å². The van der Waals surface area contributed by atoms with Crippen LogP contribution in [0.5, 0.6) is 0 Å². The van der Waals surface area contributed by atoms with Gasteiger partial charge < -0.3 is 0 Å². The third-order valence-corrected chi connectivity index (χ3v) is 6.11. The van der Waals surface area contributed by atoms with E-state index in [1.54, 1.807) is 12.1 Å². The molecule has 2 aromatic carbocycles. The van der Waals surface area contributed by atoms with Crippen molar-refractivity contribution in [3.05, 3.63) is 112 Å².